The lowest BCUT2D eigenvalue weighted by Crippen LogP contribution is -2.31. The van der Waals surface area contributed by atoms with E-state index in [1.807, 2.05) is 13.8 Å². The first kappa shape index (κ1) is 10.5. The van der Waals surface area contributed by atoms with Gasteiger partial charge in [0.1, 0.15) is 0 Å². The van der Waals surface area contributed by atoms with Crippen LogP contribution in [-0.2, 0) is 7.05 Å². The number of carbonyl (C=O) groups excluding carboxylic acids is 1. The van der Waals surface area contributed by atoms with Crippen molar-refractivity contribution in [1.29, 1.82) is 0 Å². The summed E-state index contributed by atoms with van der Waals surface area (Å²) in [6.45, 7) is 5.11. The van der Waals surface area contributed by atoms with Gasteiger partial charge in [-0.1, -0.05) is 5.21 Å². The third kappa shape index (κ3) is 1.68. The summed E-state index contributed by atoms with van der Waals surface area (Å²) in [6, 6.07) is 0. The van der Waals surface area contributed by atoms with E-state index in [2.05, 4.69) is 10.3 Å². The second kappa shape index (κ2) is 4.08. The van der Waals surface area contributed by atoms with Crippen molar-refractivity contribution < 1.29 is 4.79 Å². The number of nitrogens with two attached hydrogens (primary N) is 1. The number of hydrogen-bond acceptors (Lipinski definition) is 4. The smallest absolute Gasteiger partial charge is 0.278 e. The molecule has 6 heteroatoms. The van der Waals surface area contributed by atoms with Crippen LogP contribution in [-0.4, -0.2) is 38.9 Å². The van der Waals surface area contributed by atoms with Gasteiger partial charge < -0.3 is 10.6 Å². The molecule has 1 heterocycles. The summed E-state index contributed by atoms with van der Waals surface area (Å²) in [5.41, 5.74) is 5.87. The van der Waals surface area contributed by atoms with E-state index >= 15 is 0 Å². The molecular weight excluding hydrogens is 182 g/mol. The fourth-order valence-corrected chi connectivity index (χ4v) is 1.18. The molecule has 0 aliphatic carbocycles. The first-order chi connectivity index (χ1) is 6.61. The Balaban J connectivity index is 2.94. The Kier molecular flexibility index (Phi) is 3.06. The summed E-state index contributed by atoms with van der Waals surface area (Å²) in [5.74, 6) is 0.141. The van der Waals surface area contributed by atoms with Crippen molar-refractivity contribution in [3.05, 3.63) is 5.69 Å². The molecule has 0 saturated carbocycles. The van der Waals surface area contributed by atoms with Crippen LogP contribution in [0.2, 0.25) is 0 Å². The number of hydrogen-bond donors (Lipinski definition) is 1. The van der Waals surface area contributed by atoms with E-state index in [0.29, 0.717) is 18.9 Å². The number of aryl methyl sites for hydroxylation is 1. The molecule has 0 aliphatic rings. The van der Waals surface area contributed by atoms with Crippen molar-refractivity contribution in [3.63, 3.8) is 0 Å². The summed E-state index contributed by atoms with van der Waals surface area (Å²) < 4.78 is 1.39. The highest BCUT2D eigenvalue weighted by Crippen LogP contribution is 2.08. The molecule has 0 unspecified atom stereocenters. The Labute approximate surface area is 82.7 Å². The quantitative estimate of drug-likeness (QED) is 0.732. The fraction of sp³-hybridized carbons (Fsp3) is 0.625. The number of rotatable bonds is 3. The topological polar surface area (TPSA) is 77.0 Å². The first-order valence-electron chi connectivity index (χ1n) is 4.56. The number of nitrogens with zero attached hydrogens (tertiary/aromatic N) is 4. The van der Waals surface area contributed by atoms with Gasteiger partial charge >= 0.3 is 0 Å². The predicted molar refractivity (Wildman–Crippen MR) is 52.7 cm³/mol. The van der Waals surface area contributed by atoms with Crippen LogP contribution >= 0.6 is 0 Å². The maximum absolute atomic E-state index is 11.8. The lowest BCUT2D eigenvalue weighted by molar-refractivity contribution is 0.0768. The molecule has 0 aliphatic heterocycles. The molecule has 1 aromatic heterocycles. The molecule has 2 N–H and O–H groups in total. The molecule has 0 aromatic carbocycles. The van der Waals surface area contributed by atoms with Crippen molar-refractivity contribution in [2.75, 3.05) is 18.8 Å². The fourth-order valence-electron chi connectivity index (χ4n) is 1.18. The monoisotopic (exact) mass is 197 g/mol. The third-order valence-corrected chi connectivity index (χ3v) is 2.12. The van der Waals surface area contributed by atoms with Crippen LogP contribution in [0.1, 0.15) is 24.3 Å². The van der Waals surface area contributed by atoms with Crippen molar-refractivity contribution >= 4 is 11.7 Å². The maximum atomic E-state index is 11.8. The van der Waals surface area contributed by atoms with Crippen LogP contribution in [0.4, 0.5) is 5.82 Å². The highest BCUT2D eigenvalue weighted by Gasteiger charge is 2.19. The Morgan fingerprint density at radius 2 is 2.07 bits per heavy atom. The molecule has 0 bridgehead atoms. The van der Waals surface area contributed by atoms with E-state index in [0.717, 1.165) is 0 Å². The normalized spacial score (nSPS) is 10.2. The van der Waals surface area contributed by atoms with E-state index in [1.54, 1.807) is 11.9 Å². The van der Waals surface area contributed by atoms with E-state index in [-0.39, 0.29) is 11.6 Å². The van der Waals surface area contributed by atoms with Gasteiger partial charge in [-0.3, -0.25) is 4.79 Å². The Morgan fingerprint density at radius 1 is 1.50 bits per heavy atom. The minimum atomic E-state index is -0.166. The summed E-state index contributed by atoms with van der Waals surface area (Å²) in [7, 11) is 1.65. The molecule has 78 valence electrons. The van der Waals surface area contributed by atoms with Gasteiger partial charge in [-0.05, 0) is 13.8 Å². The van der Waals surface area contributed by atoms with Gasteiger partial charge in [0.15, 0.2) is 11.5 Å². The minimum absolute atomic E-state index is 0.166. The second-order valence-electron chi connectivity index (χ2n) is 2.92. The number of aromatic nitrogens is 3. The summed E-state index contributed by atoms with van der Waals surface area (Å²) in [5, 5.41) is 7.41. The first-order valence-corrected chi connectivity index (χ1v) is 4.56. The Hall–Kier alpha value is -1.59. The van der Waals surface area contributed by atoms with Crippen LogP contribution < -0.4 is 5.73 Å². The average Bonchev–Trinajstić information content (AvgIpc) is 2.49. The lowest BCUT2D eigenvalue weighted by Gasteiger charge is -2.16. The molecule has 1 rings (SSSR count). The number of amides is 1. The summed E-state index contributed by atoms with van der Waals surface area (Å²) in [4.78, 5) is 13.4. The molecule has 6 nitrogen and oxygen atoms in total. The number of carbonyl (C=O) groups is 1. The minimum Gasteiger partial charge on any atom is -0.382 e. The van der Waals surface area contributed by atoms with Gasteiger partial charge in [0.25, 0.3) is 5.91 Å². The van der Waals surface area contributed by atoms with Crippen LogP contribution in [0, 0.1) is 0 Å². The zero-order valence-electron chi connectivity index (χ0n) is 8.69. The van der Waals surface area contributed by atoms with Crippen LogP contribution in [0.5, 0.6) is 0 Å². The highest BCUT2D eigenvalue weighted by atomic mass is 16.2. The molecule has 0 saturated heterocycles. The van der Waals surface area contributed by atoms with Crippen LogP contribution in [0.3, 0.4) is 0 Å². The molecule has 14 heavy (non-hydrogen) atoms. The maximum Gasteiger partial charge on any atom is 0.278 e. The molecule has 0 atom stereocenters. The van der Waals surface area contributed by atoms with Crippen LogP contribution in [0.15, 0.2) is 0 Å². The molecule has 0 spiro atoms. The summed E-state index contributed by atoms with van der Waals surface area (Å²) >= 11 is 0. The molecule has 1 aromatic rings. The van der Waals surface area contributed by atoms with Gasteiger partial charge in [0.2, 0.25) is 0 Å². The van der Waals surface area contributed by atoms with Gasteiger partial charge in [0, 0.05) is 20.1 Å². The third-order valence-electron chi connectivity index (χ3n) is 2.12. The van der Waals surface area contributed by atoms with Crippen molar-refractivity contribution in [2.24, 2.45) is 7.05 Å². The number of nitrogen functional groups attached to an aromatic ring is 1. The Morgan fingerprint density at radius 3 is 2.43 bits per heavy atom. The van der Waals surface area contributed by atoms with Gasteiger partial charge in [0.05, 0.1) is 0 Å². The lowest BCUT2D eigenvalue weighted by atomic mass is 10.3. The van der Waals surface area contributed by atoms with Gasteiger partial charge in [-0.2, -0.15) is 0 Å². The van der Waals surface area contributed by atoms with E-state index in [1.165, 1.54) is 4.68 Å². The van der Waals surface area contributed by atoms with E-state index in [9.17, 15) is 4.79 Å². The molecule has 0 radical (unpaired) electrons. The van der Waals surface area contributed by atoms with Crippen molar-refractivity contribution in [1.82, 2.24) is 19.9 Å². The summed E-state index contributed by atoms with van der Waals surface area (Å²) in [6.07, 6.45) is 0. The van der Waals surface area contributed by atoms with E-state index in [4.69, 9.17) is 5.73 Å². The SMILES string of the molecule is CCN(CC)C(=O)c1nnn(C)c1N. The average molecular weight is 197 g/mol. The zero-order chi connectivity index (χ0) is 10.7. The van der Waals surface area contributed by atoms with E-state index < -0.39 is 0 Å². The van der Waals surface area contributed by atoms with Crippen LogP contribution in [0.25, 0.3) is 0 Å². The van der Waals surface area contributed by atoms with Crippen molar-refractivity contribution in [3.8, 4) is 0 Å². The van der Waals surface area contributed by atoms with Gasteiger partial charge in [-0.15, -0.1) is 5.10 Å². The zero-order valence-corrected chi connectivity index (χ0v) is 8.69. The molecular formula is C8H15N5O. The van der Waals surface area contributed by atoms with Crippen molar-refractivity contribution in [2.45, 2.75) is 13.8 Å². The number of anilines is 1. The molecule has 0 fully saturated rings. The molecule has 1 amide bonds. The predicted octanol–water partition coefficient (Wildman–Crippen LogP) is -0.121. The standard InChI is InChI=1S/C8H15N5O/c1-4-13(5-2)8(14)6-7(9)12(3)11-10-6/h4-5,9H2,1-3H3. The Bertz CT molecular complexity index is 328. The van der Waals surface area contributed by atoms with Gasteiger partial charge in [-0.25, -0.2) is 4.68 Å². The highest BCUT2D eigenvalue weighted by molar-refractivity contribution is 5.96. The second-order valence-corrected chi connectivity index (χ2v) is 2.92. The largest absolute Gasteiger partial charge is 0.382 e.